The van der Waals surface area contributed by atoms with Crippen LogP contribution in [0.15, 0.2) is 0 Å². The molecule has 6 nitrogen and oxygen atoms in total. The fraction of sp³-hybridized carbons (Fsp3) is 0.967. The topological polar surface area (TPSA) is 113 Å². The Morgan fingerprint density at radius 1 is 0.538 bits per heavy atom. The Balaban J connectivity index is -0.000000309. The van der Waals surface area contributed by atoms with E-state index >= 15 is 0 Å². The van der Waals surface area contributed by atoms with E-state index in [1.165, 1.54) is 128 Å². The Morgan fingerprint density at radius 3 is 1.05 bits per heavy atom. The van der Waals surface area contributed by atoms with Crippen molar-refractivity contribution in [1.29, 1.82) is 0 Å². The zero-order valence-corrected chi connectivity index (χ0v) is 31.2. The van der Waals surface area contributed by atoms with Crippen molar-refractivity contribution in [2.45, 2.75) is 181 Å². The van der Waals surface area contributed by atoms with Gasteiger partial charge in [-0.25, -0.2) is 0 Å². The minimum absolute atomic E-state index is 0. The molecule has 224 valence electrons. The van der Waals surface area contributed by atoms with Gasteiger partial charge in [-0.2, -0.15) is 0 Å². The molecule has 0 fully saturated rings. The van der Waals surface area contributed by atoms with Gasteiger partial charge in [0, 0.05) is 5.97 Å². The first-order valence-electron chi connectivity index (χ1n) is 15.7. The SMILES string of the molecule is CCCCCCCCCCCCCC(=O)[O-].CCCCCCCCCCCCCCCCOP(=O)([O-])[O-].[Mg+2].[Zn+2]. The number of carboxylic acid groups (broad SMARTS) is 1. The first-order chi connectivity index (χ1) is 17.8. The first-order valence-corrected chi connectivity index (χ1v) is 17.2. The fourth-order valence-corrected chi connectivity index (χ4v) is 4.76. The van der Waals surface area contributed by atoms with Crippen molar-refractivity contribution >= 4 is 36.8 Å². The normalized spacial score (nSPS) is 10.8. The summed E-state index contributed by atoms with van der Waals surface area (Å²) in [5.41, 5.74) is 0. The number of phosphoric acid groups is 1. The minimum Gasteiger partial charge on any atom is -0.790 e. The number of carboxylic acids is 1. The van der Waals surface area contributed by atoms with Gasteiger partial charge in [0.2, 0.25) is 0 Å². The third-order valence-electron chi connectivity index (χ3n) is 6.73. The largest absolute Gasteiger partial charge is 2.00 e. The van der Waals surface area contributed by atoms with Gasteiger partial charge in [0.15, 0.2) is 0 Å². The Hall–Kier alpha value is 0.970. The quantitative estimate of drug-likeness (QED) is 0.0503. The number of rotatable bonds is 28. The van der Waals surface area contributed by atoms with E-state index in [9.17, 15) is 24.3 Å². The van der Waals surface area contributed by atoms with Crippen LogP contribution in [0.2, 0.25) is 0 Å². The van der Waals surface area contributed by atoms with Gasteiger partial charge in [-0.1, -0.05) is 162 Å². The number of hydrogen-bond donors (Lipinski definition) is 0. The summed E-state index contributed by atoms with van der Waals surface area (Å²) < 4.78 is 14.4. The smallest absolute Gasteiger partial charge is 0.790 e. The van der Waals surface area contributed by atoms with Crippen molar-refractivity contribution in [3.63, 3.8) is 0 Å². The van der Waals surface area contributed by atoms with Crippen molar-refractivity contribution in [2.24, 2.45) is 0 Å². The molecule has 9 heteroatoms. The maximum atomic E-state index is 10.2. The number of unbranched alkanes of at least 4 members (excludes halogenated alkanes) is 23. The van der Waals surface area contributed by atoms with Crippen LogP contribution in [-0.4, -0.2) is 35.6 Å². The number of hydrogen-bond acceptors (Lipinski definition) is 6. The van der Waals surface area contributed by atoms with Crippen LogP contribution in [0, 0.1) is 0 Å². The number of phosphoric ester groups is 1. The van der Waals surface area contributed by atoms with E-state index < -0.39 is 13.8 Å². The Labute approximate surface area is 271 Å². The molecule has 0 bridgehead atoms. The predicted molar refractivity (Wildman–Crippen MR) is 156 cm³/mol. The molecule has 0 N–H and O–H groups in total. The second kappa shape index (κ2) is 39.0. The molecule has 0 saturated heterocycles. The van der Waals surface area contributed by atoms with Crippen LogP contribution in [0.3, 0.4) is 0 Å². The summed E-state index contributed by atoms with van der Waals surface area (Å²) in [7, 11) is -4.75. The molecule has 0 heterocycles. The number of aliphatic carboxylic acids is 1. The van der Waals surface area contributed by atoms with Crippen LogP contribution >= 0.6 is 7.82 Å². The van der Waals surface area contributed by atoms with E-state index in [2.05, 4.69) is 18.4 Å². The van der Waals surface area contributed by atoms with Crippen LogP contribution < -0.4 is 14.9 Å². The number of carbonyl (C=O) groups is 1. The van der Waals surface area contributed by atoms with Crippen molar-refractivity contribution in [2.75, 3.05) is 6.61 Å². The summed E-state index contributed by atoms with van der Waals surface area (Å²) in [6.45, 7) is 4.54. The van der Waals surface area contributed by atoms with Crippen LogP contribution in [0.5, 0.6) is 0 Å². The van der Waals surface area contributed by atoms with Crippen molar-refractivity contribution in [3.8, 4) is 0 Å². The molecule has 0 amide bonds. The molecule has 0 spiro atoms. The van der Waals surface area contributed by atoms with Gasteiger partial charge >= 0.3 is 42.5 Å². The fourth-order valence-electron chi connectivity index (χ4n) is 4.41. The van der Waals surface area contributed by atoms with Crippen LogP contribution in [-0.2, 0) is 33.4 Å². The average molecular weight is 637 g/mol. The zero-order chi connectivity index (χ0) is 27.9. The molecule has 0 aliphatic rings. The molecule has 0 aliphatic heterocycles. The molecule has 0 aromatic heterocycles. The van der Waals surface area contributed by atoms with Crippen molar-refractivity contribution in [3.05, 3.63) is 0 Å². The summed E-state index contributed by atoms with van der Waals surface area (Å²) in [5, 5.41) is 10.1. The van der Waals surface area contributed by atoms with Gasteiger partial charge in [0.25, 0.3) is 0 Å². The van der Waals surface area contributed by atoms with Gasteiger partial charge in [-0.15, -0.1) is 0 Å². The van der Waals surface area contributed by atoms with Crippen molar-refractivity contribution in [1.82, 2.24) is 0 Å². The average Bonchev–Trinajstić information content (AvgIpc) is 2.84. The molecular formula is C30H60MgO6PZn+. The first kappa shape index (κ1) is 46.9. The van der Waals surface area contributed by atoms with E-state index in [0.717, 1.165) is 25.7 Å². The van der Waals surface area contributed by atoms with E-state index in [4.69, 9.17) is 0 Å². The van der Waals surface area contributed by atoms with Gasteiger partial charge in [-0.3, -0.25) is 0 Å². The Morgan fingerprint density at radius 2 is 0.795 bits per heavy atom. The second-order valence-corrected chi connectivity index (χ2v) is 11.7. The molecule has 0 aliphatic carbocycles. The summed E-state index contributed by atoms with van der Waals surface area (Å²) >= 11 is 0. The molecular weight excluding hydrogens is 577 g/mol. The number of carbonyl (C=O) groups excluding carboxylic acids is 1. The molecule has 0 saturated carbocycles. The molecule has 0 rings (SSSR count). The van der Waals surface area contributed by atoms with E-state index in [1.54, 1.807) is 0 Å². The van der Waals surface area contributed by atoms with Gasteiger partial charge in [-0.05, 0) is 19.3 Å². The van der Waals surface area contributed by atoms with Crippen LogP contribution in [0.4, 0.5) is 0 Å². The maximum absolute atomic E-state index is 10.2. The molecule has 0 radical (unpaired) electrons. The summed E-state index contributed by atoms with van der Waals surface area (Å²) in [6.07, 6.45) is 31.5. The summed E-state index contributed by atoms with van der Waals surface area (Å²) in [6, 6.07) is 0. The van der Waals surface area contributed by atoms with Gasteiger partial charge in [0.1, 0.15) is 0 Å². The molecule has 0 aromatic rings. The van der Waals surface area contributed by atoms with Crippen molar-refractivity contribution < 1.29 is 48.3 Å². The predicted octanol–water partition coefficient (Wildman–Crippen LogP) is 7.37. The Bertz CT molecular complexity index is 508. The second-order valence-electron chi connectivity index (χ2n) is 10.5. The van der Waals surface area contributed by atoms with Crippen LogP contribution in [0.25, 0.3) is 0 Å². The molecule has 0 atom stereocenters. The minimum atomic E-state index is -4.75. The van der Waals surface area contributed by atoms with E-state index in [0.29, 0.717) is 6.42 Å². The summed E-state index contributed by atoms with van der Waals surface area (Å²) in [4.78, 5) is 30.6. The van der Waals surface area contributed by atoms with E-state index in [1.807, 2.05) is 0 Å². The van der Waals surface area contributed by atoms with Crippen LogP contribution in [0.1, 0.15) is 181 Å². The third kappa shape index (κ3) is 52.1. The van der Waals surface area contributed by atoms with Gasteiger partial charge in [0.05, 0.1) is 14.4 Å². The maximum Gasteiger partial charge on any atom is 2.00 e. The molecule has 0 aromatic carbocycles. The zero-order valence-electron chi connectivity index (χ0n) is 25.9. The molecule has 0 unspecified atom stereocenters. The molecule has 39 heavy (non-hydrogen) atoms. The monoisotopic (exact) mass is 635 g/mol. The summed E-state index contributed by atoms with van der Waals surface area (Å²) in [5.74, 6) is -0.907. The van der Waals surface area contributed by atoms with Gasteiger partial charge < -0.3 is 28.8 Å². The standard InChI is InChI=1S/C16H35O4P.C14H28O2.Mg.Zn/c1-2-3-4-5-6-7-8-9-10-11-12-13-14-15-16-20-21(17,18)19;1-2-3-4-5-6-7-8-9-10-11-12-13-14(15)16;;/h2-16H2,1H3,(H2,17,18,19);2-13H2,1H3,(H,15,16);;/q;;2*+2/p-3. The van der Waals surface area contributed by atoms with E-state index in [-0.39, 0.29) is 55.6 Å². The third-order valence-corrected chi connectivity index (χ3v) is 7.23. The Kier molecular flexibility index (Phi) is 46.9.